The summed E-state index contributed by atoms with van der Waals surface area (Å²) in [6.45, 7) is 0. The number of pyridine rings is 1. The van der Waals surface area contributed by atoms with Crippen molar-refractivity contribution in [3.63, 3.8) is 0 Å². The Labute approximate surface area is 83.1 Å². The van der Waals surface area contributed by atoms with Crippen molar-refractivity contribution in [2.75, 3.05) is 0 Å². The predicted molar refractivity (Wildman–Crippen MR) is 45.4 cm³/mol. The maximum Gasteiger partial charge on any atom is 0.284 e. The lowest BCUT2D eigenvalue weighted by atomic mass is 10.2. The van der Waals surface area contributed by atoms with Gasteiger partial charge < -0.3 is 5.11 Å². The van der Waals surface area contributed by atoms with Crippen LogP contribution in [0, 0.1) is 0 Å². The third kappa shape index (κ3) is 2.00. The van der Waals surface area contributed by atoms with Crippen LogP contribution in [0.4, 0.5) is 8.78 Å². The van der Waals surface area contributed by atoms with E-state index in [1.807, 2.05) is 0 Å². The van der Waals surface area contributed by atoms with Gasteiger partial charge >= 0.3 is 0 Å². The normalized spacial score (nSPS) is 10.8. The van der Waals surface area contributed by atoms with Gasteiger partial charge in [-0.15, -0.1) is 11.6 Å². The highest BCUT2D eigenvalue weighted by Crippen LogP contribution is 2.33. The van der Waals surface area contributed by atoms with E-state index in [0.29, 0.717) is 0 Å². The van der Waals surface area contributed by atoms with Crippen LogP contribution < -0.4 is 0 Å². The molecule has 1 N–H and O–H groups in total. The van der Waals surface area contributed by atoms with Gasteiger partial charge in [0.05, 0.1) is 10.9 Å². The minimum Gasteiger partial charge on any atom is -0.505 e. The molecule has 0 aromatic carbocycles. The Morgan fingerprint density at radius 3 is 2.62 bits per heavy atom. The van der Waals surface area contributed by atoms with Crippen LogP contribution in [0.1, 0.15) is 17.7 Å². The minimum atomic E-state index is -2.83. The van der Waals surface area contributed by atoms with E-state index in [1.165, 1.54) is 0 Å². The number of rotatable bonds is 2. The summed E-state index contributed by atoms with van der Waals surface area (Å²) in [6.07, 6.45) is -1.79. The molecule has 72 valence electrons. The van der Waals surface area contributed by atoms with Crippen LogP contribution in [0.2, 0.25) is 5.02 Å². The fourth-order valence-electron chi connectivity index (χ4n) is 0.820. The van der Waals surface area contributed by atoms with Gasteiger partial charge in [-0.05, 0) is 0 Å². The zero-order chi connectivity index (χ0) is 10.0. The molecule has 13 heavy (non-hydrogen) atoms. The Morgan fingerprint density at radius 1 is 1.54 bits per heavy atom. The lowest BCUT2D eigenvalue weighted by Gasteiger charge is -2.07. The number of aromatic nitrogens is 1. The van der Waals surface area contributed by atoms with E-state index < -0.39 is 17.9 Å². The monoisotopic (exact) mass is 227 g/mol. The largest absolute Gasteiger partial charge is 0.505 e. The molecule has 6 heteroatoms. The number of halogens is 4. The summed E-state index contributed by atoms with van der Waals surface area (Å²) < 4.78 is 24.3. The maximum absolute atomic E-state index is 12.2. The summed E-state index contributed by atoms with van der Waals surface area (Å²) in [7, 11) is 0. The standard InChI is InChI=1S/C7H5Cl2F2NO/c8-1-3-4(9)2-12-5(6(3)13)7(10)11/h2,7,13H,1H2. The molecule has 1 rings (SSSR count). The van der Waals surface area contributed by atoms with Crippen LogP contribution >= 0.6 is 23.2 Å². The predicted octanol–water partition coefficient (Wildman–Crippen LogP) is 3.12. The molecule has 1 aromatic rings. The van der Waals surface area contributed by atoms with Crippen LogP contribution in [-0.4, -0.2) is 10.1 Å². The molecule has 0 spiro atoms. The number of hydrogen-bond donors (Lipinski definition) is 1. The lowest BCUT2D eigenvalue weighted by Crippen LogP contribution is -1.94. The summed E-state index contributed by atoms with van der Waals surface area (Å²) in [5.74, 6) is -0.759. The van der Waals surface area contributed by atoms with Gasteiger partial charge in [-0.25, -0.2) is 13.8 Å². The van der Waals surface area contributed by atoms with Crippen molar-refractivity contribution < 1.29 is 13.9 Å². The van der Waals surface area contributed by atoms with Crippen LogP contribution in [-0.2, 0) is 5.88 Å². The first kappa shape index (κ1) is 10.5. The van der Waals surface area contributed by atoms with E-state index >= 15 is 0 Å². The van der Waals surface area contributed by atoms with E-state index in [9.17, 15) is 13.9 Å². The molecular formula is C7H5Cl2F2NO. The second-order valence-electron chi connectivity index (χ2n) is 2.25. The third-order valence-electron chi connectivity index (χ3n) is 1.47. The molecule has 0 aliphatic rings. The number of hydrogen-bond acceptors (Lipinski definition) is 2. The van der Waals surface area contributed by atoms with Crippen LogP contribution in [0.25, 0.3) is 0 Å². The van der Waals surface area contributed by atoms with Crippen molar-refractivity contribution in [3.05, 3.63) is 22.5 Å². The van der Waals surface area contributed by atoms with Gasteiger partial charge in [0.25, 0.3) is 6.43 Å². The first-order valence-corrected chi connectivity index (χ1v) is 4.19. The van der Waals surface area contributed by atoms with Crippen LogP contribution in [0.5, 0.6) is 5.75 Å². The topological polar surface area (TPSA) is 33.1 Å². The van der Waals surface area contributed by atoms with Crippen molar-refractivity contribution in [3.8, 4) is 5.75 Å². The van der Waals surface area contributed by atoms with Crippen molar-refractivity contribution in [2.45, 2.75) is 12.3 Å². The number of nitrogens with zero attached hydrogens (tertiary/aromatic N) is 1. The SMILES string of the molecule is Oc1c(C(F)F)ncc(Cl)c1CCl. The van der Waals surface area contributed by atoms with Gasteiger partial charge in [-0.1, -0.05) is 11.6 Å². The number of alkyl halides is 3. The lowest BCUT2D eigenvalue weighted by molar-refractivity contribution is 0.141. The van der Waals surface area contributed by atoms with Crippen molar-refractivity contribution in [1.82, 2.24) is 4.98 Å². The first-order chi connectivity index (χ1) is 6.07. The molecular weight excluding hydrogens is 223 g/mol. The Kier molecular flexibility index (Phi) is 3.27. The molecule has 0 aliphatic heterocycles. The molecule has 0 radical (unpaired) electrons. The summed E-state index contributed by atoms with van der Waals surface area (Å²) in [5.41, 5.74) is -0.617. The number of aromatic hydroxyl groups is 1. The molecule has 0 saturated heterocycles. The molecule has 2 nitrogen and oxygen atoms in total. The highest BCUT2D eigenvalue weighted by molar-refractivity contribution is 6.32. The van der Waals surface area contributed by atoms with Gasteiger partial charge in [0, 0.05) is 11.8 Å². The Hall–Kier alpha value is -0.610. The second kappa shape index (κ2) is 4.07. The molecule has 1 heterocycles. The molecule has 1 aromatic heterocycles. The Bertz CT molecular complexity index is 320. The summed E-state index contributed by atoms with van der Waals surface area (Å²) >= 11 is 11.0. The Balaban J connectivity index is 3.27. The van der Waals surface area contributed by atoms with Gasteiger partial charge in [0.2, 0.25) is 0 Å². The van der Waals surface area contributed by atoms with E-state index in [0.717, 1.165) is 6.20 Å². The fourth-order valence-corrected chi connectivity index (χ4v) is 1.36. The zero-order valence-electron chi connectivity index (χ0n) is 6.27. The first-order valence-electron chi connectivity index (χ1n) is 3.28. The van der Waals surface area contributed by atoms with Crippen molar-refractivity contribution in [2.24, 2.45) is 0 Å². The highest BCUT2D eigenvalue weighted by Gasteiger charge is 2.19. The van der Waals surface area contributed by atoms with Gasteiger partial charge in [-0.3, -0.25) is 0 Å². The highest BCUT2D eigenvalue weighted by atomic mass is 35.5. The van der Waals surface area contributed by atoms with Crippen LogP contribution in [0.3, 0.4) is 0 Å². The summed E-state index contributed by atoms with van der Waals surface area (Å²) in [4.78, 5) is 3.30. The quantitative estimate of drug-likeness (QED) is 0.788. The van der Waals surface area contributed by atoms with E-state index in [4.69, 9.17) is 23.2 Å². The zero-order valence-corrected chi connectivity index (χ0v) is 7.78. The van der Waals surface area contributed by atoms with Gasteiger partial charge in [0.1, 0.15) is 11.4 Å². The average Bonchev–Trinajstić information content (AvgIpc) is 2.04. The van der Waals surface area contributed by atoms with E-state index in [1.54, 1.807) is 0 Å². The maximum atomic E-state index is 12.2. The van der Waals surface area contributed by atoms with Crippen molar-refractivity contribution in [1.29, 1.82) is 0 Å². The molecule has 0 bridgehead atoms. The average molecular weight is 228 g/mol. The molecule has 0 atom stereocenters. The Morgan fingerprint density at radius 2 is 2.15 bits per heavy atom. The summed E-state index contributed by atoms with van der Waals surface area (Å²) in [6, 6.07) is 0. The molecule has 0 amide bonds. The van der Waals surface area contributed by atoms with E-state index in [2.05, 4.69) is 4.98 Å². The van der Waals surface area contributed by atoms with Gasteiger partial charge in [-0.2, -0.15) is 0 Å². The van der Waals surface area contributed by atoms with Crippen molar-refractivity contribution >= 4 is 23.2 Å². The smallest absolute Gasteiger partial charge is 0.284 e. The molecule has 0 unspecified atom stereocenters. The second-order valence-corrected chi connectivity index (χ2v) is 2.93. The van der Waals surface area contributed by atoms with Gasteiger partial charge in [0.15, 0.2) is 0 Å². The molecule has 0 aliphatic carbocycles. The fraction of sp³-hybridized carbons (Fsp3) is 0.286. The molecule has 0 saturated carbocycles. The minimum absolute atomic E-state index is 0.0774. The van der Waals surface area contributed by atoms with E-state index in [-0.39, 0.29) is 16.5 Å². The third-order valence-corrected chi connectivity index (χ3v) is 2.07. The molecule has 0 fully saturated rings. The van der Waals surface area contributed by atoms with Crippen LogP contribution in [0.15, 0.2) is 6.20 Å². The summed E-state index contributed by atoms with van der Waals surface area (Å²) in [5, 5.41) is 9.31.